The lowest BCUT2D eigenvalue weighted by molar-refractivity contribution is 0.593. The molecule has 6 heteroatoms. The van der Waals surface area contributed by atoms with E-state index in [2.05, 4.69) is 35.0 Å². The van der Waals surface area contributed by atoms with Crippen LogP contribution in [0.25, 0.3) is 31.9 Å². The molecular weight excluding hydrogens is 368 g/mol. The summed E-state index contributed by atoms with van der Waals surface area (Å²) >= 11 is 2.22. The van der Waals surface area contributed by atoms with Crippen LogP contribution in [-0.4, -0.2) is 14.9 Å². The number of fused-ring (bicyclic) bond motifs is 3. The Hall–Kier alpha value is -1.86. The zero-order valence-corrected chi connectivity index (χ0v) is 15.8. The Kier molecular flexibility index (Phi) is 3.60. The van der Waals surface area contributed by atoms with Crippen molar-refractivity contribution in [2.75, 3.05) is 5.32 Å². The maximum atomic E-state index is 12.6. The summed E-state index contributed by atoms with van der Waals surface area (Å²) in [6.45, 7) is 1.96. The molecule has 0 spiro atoms. The number of nitrogens with zero attached hydrogens (tertiary/aromatic N) is 1. The van der Waals surface area contributed by atoms with Crippen molar-refractivity contribution in [3.8, 4) is 21.7 Å². The molecule has 25 heavy (non-hydrogen) atoms. The van der Waals surface area contributed by atoms with Gasteiger partial charge >= 0.3 is 0 Å². The number of hydrogen-bond donors (Lipinski definition) is 1. The van der Waals surface area contributed by atoms with E-state index in [1.165, 1.54) is 0 Å². The summed E-state index contributed by atoms with van der Waals surface area (Å²) in [5.41, 5.74) is 4.26. The van der Waals surface area contributed by atoms with Crippen LogP contribution in [-0.2, 0) is 11.2 Å². The van der Waals surface area contributed by atoms with Gasteiger partial charge in [0.1, 0.15) is 10.5 Å². The van der Waals surface area contributed by atoms with E-state index in [9.17, 15) is 4.55 Å². The first kappa shape index (κ1) is 15.4. The largest absolute Gasteiger partial charge is 0.609 e. The Morgan fingerprint density at radius 1 is 1.16 bits per heavy atom. The fraction of sp³-hybridized carbons (Fsp3) is 0.105. The third kappa shape index (κ3) is 2.40. The summed E-state index contributed by atoms with van der Waals surface area (Å²) in [5, 5.41) is 6.51. The average molecular weight is 383 g/mol. The van der Waals surface area contributed by atoms with Gasteiger partial charge in [0.05, 0.1) is 10.6 Å². The monoisotopic (exact) mass is 382 g/mol. The van der Waals surface area contributed by atoms with E-state index >= 15 is 0 Å². The first-order valence-electron chi connectivity index (χ1n) is 7.96. The van der Waals surface area contributed by atoms with E-state index in [-0.39, 0.29) is 5.37 Å². The molecule has 0 aliphatic carbocycles. The van der Waals surface area contributed by atoms with E-state index < -0.39 is 11.2 Å². The molecule has 3 nitrogen and oxygen atoms in total. The lowest BCUT2D eigenvalue weighted by Crippen LogP contribution is -2.17. The molecule has 0 saturated carbocycles. The maximum Gasteiger partial charge on any atom is 0.234 e. The van der Waals surface area contributed by atoms with Gasteiger partial charge in [0.25, 0.3) is 0 Å². The van der Waals surface area contributed by atoms with Gasteiger partial charge in [-0.1, -0.05) is 47.7 Å². The maximum absolute atomic E-state index is 12.6. The number of aromatic nitrogens is 1. The summed E-state index contributed by atoms with van der Waals surface area (Å²) in [6, 6.07) is 16.6. The highest BCUT2D eigenvalue weighted by Crippen LogP contribution is 2.49. The number of thiophene rings is 2. The van der Waals surface area contributed by atoms with Crippen molar-refractivity contribution in [1.82, 2.24) is 4.98 Å². The molecular formula is C19H14N2OS3. The second kappa shape index (κ2) is 5.85. The number of rotatable bonds is 2. The van der Waals surface area contributed by atoms with Crippen molar-refractivity contribution < 1.29 is 4.55 Å². The Bertz CT molecular complexity index is 1060. The predicted octanol–water partition coefficient (Wildman–Crippen LogP) is 5.57. The van der Waals surface area contributed by atoms with Gasteiger partial charge in [-0.25, -0.2) is 4.98 Å². The minimum atomic E-state index is -1.01. The molecule has 1 N–H and O–H groups in total. The second-order valence-electron chi connectivity index (χ2n) is 5.93. The lowest BCUT2D eigenvalue weighted by Gasteiger charge is -2.10. The molecule has 4 aromatic rings. The number of anilines is 1. The molecule has 2 unspecified atom stereocenters. The van der Waals surface area contributed by atoms with Crippen molar-refractivity contribution >= 4 is 49.8 Å². The molecule has 0 bridgehead atoms. The van der Waals surface area contributed by atoms with Crippen molar-refractivity contribution in [3.63, 3.8) is 0 Å². The van der Waals surface area contributed by atoms with Gasteiger partial charge in [0, 0.05) is 23.5 Å². The summed E-state index contributed by atoms with van der Waals surface area (Å²) in [5.74, 6) is 0. The third-order valence-corrected chi connectivity index (χ3v) is 8.18. The van der Waals surface area contributed by atoms with Gasteiger partial charge in [-0.2, -0.15) is 0 Å². The highest BCUT2D eigenvalue weighted by molar-refractivity contribution is 7.94. The lowest BCUT2D eigenvalue weighted by atomic mass is 10.0. The average Bonchev–Trinajstić information content (AvgIpc) is 3.34. The summed E-state index contributed by atoms with van der Waals surface area (Å²) < 4.78 is 13.5. The van der Waals surface area contributed by atoms with Crippen molar-refractivity contribution in [2.24, 2.45) is 0 Å². The minimum absolute atomic E-state index is 0.0498. The third-order valence-electron chi connectivity index (χ3n) is 4.34. The van der Waals surface area contributed by atoms with E-state index in [1.54, 1.807) is 22.7 Å². The summed E-state index contributed by atoms with van der Waals surface area (Å²) in [4.78, 5) is 6.98. The highest BCUT2D eigenvalue weighted by Gasteiger charge is 2.37. The van der Waals surface area contributed by atoms with Crippen LogP contribution in [0, 0.1) is 0 Å². The molecule has 1 aliphatic rings. The molecule has 0 saturated heterocycles. The Morgan fingerprint density at radius 3 is 2.76 bits per heavy atom. The molecule has 2 atom stereocenters. The van der Waals surface area contributed by atoms with E-state index in [1.807, 2.05) is 31.2 Å². The van der Waals surface area contributed by atoms with E-state index in [0.29, 0.717) is 0 Å². The molecule has 4 heterocycles. The standard InChI is InChI=1S/C19H14N2OS3/c1-11-20-17-16-13(12-6-3-2-4-7-12)10-14(15-8-5-9-23-15)21-18(16)24-19(17)25(11)22/h2-11,20H,1H3. The predicted molar refractivity (Wildman–Crippen MR) is 108 cm³/mol. The number of nitrogens with one attached hydrogen (secondary N) is 1. The molecule has 3 aromatic heterocycles. The van der Waals surface area contributed by atoms with Gasteiger partial charge in [0.2, 0.25) is 4.21 Å². The number of hydrogen-bond acceptors (Lipinski definition) is 5. The molecule has 1 aromatic carbocycles. The van der Waals surface area contributed by atoms with Crippen LogP contribution >= 0.6 is 22.7 Å². The highest BCUT2D eigenvalue weighted by atomic mass is 32.2. The fourth-order valence-corrected chi connectivity index (χ4v) is 6.65. The van der Waals surface area contributed by atoms with Crippen molar-refractivity contribution in [1.29, 1.82) is 0 Å². The number of benzene rings is 1. The summed E-state index contributed by atoms with van der Waals surface area (Å²) in [6.07, 6.45) is 0. The van der Waals surface area contributed by atoms with Crippen LogP contribution in [0.1, 0.15) is 6.92 Å². The SMILES string of the molecule is CC1Nc2c(sc3nc(-c4cccs4)cc(-c4ccccc4)c23)[S+]1[O-]. The molecule has 0 amide bonds. The van der Waals surface area contributed by atoms with Crippen molar-refractivity contribution in [3.05, 3.63) is 53.9 Å². The summed E-state index contributed by atoms with van der Waals surface area (Å²) in [7, 11) is 0. The quantitative estimate of drug-likeness (QED) is 0.461. The van der Waals surface area contributed by atoms with Crippen LogP contribution in [0.15, 0.2) is 58.1 Å². The van der Waals surface area contributed by atoms with Crippen LogP contribution in [0.2, 0.25) is 0 Å². The molecule has 5 rings (SSSR count). The normalized spacial score (nSPS) is 19.1. The topological polar surface area (TPSA) is 48.0 Å². The first-order valence-corrected chi connectivity index (χ1v) is 10.9. The molecule has 124 valence electrons. The minimum Gasteiger partial charge on any atom is -0.609 e. The Morgan fingerprint density at radius 2 is 2.00 bits per heavy atom. The van der Waals surface area contributed by atoms with E-state index in [4.69, 9.17) is 4.98 Å². The van der Waals surface area contributed by atoms with Crippen LogP contribution in [0.4, 0.5) is 5.69 Å². The van der Waals surface area contributed by atoms with Gasteiger partial charge in [0.15, 0.2) is 5.37 Å². The zero-order chi connectivity index (χ0) is 17.0. The van der Waals surface area contributed by atoms with Crippen molar-refractivity contribution in [2.45, 2.75) is 16.5 Å². The van der Waals surface area contributed by atoms with Crippen LogP contribution < -0.4 is 5.32 Å². The van der Waals surface area contributed by atoms with E-state index in [0.717, 1.165) is 41.8 Å². The fourth-order valence-electron chi connectivity index (χ4n) is 3.16. The molecule has 0 radical (unpaired) electrons. The van der Waals surface area contributed by atoms with Gasteiger partial charge in [-0.3, -0.25) is 0 Å². The first-order chi connectivity index (χ1) is 12.2. The molecule has 0 fully saturated rings. The van der Waals surface area contributed by atoms with Gasteiger partial charge < -0.3 is 9.87 Å². The van der Waals surface area contributed by atoms with Gasteiger partial charge in [-0.15, -0.1) is 11.3 Å². The second-order valence-corrected chi connectivity index (χ2v) is 9.84. The Labute approximate surface area is 156 Å². The smallest absolute Gasteiger partial charge is 0.234 e. The zero-order valence-electron chi connectivity index (χ0n) is 13.4. The van der Waals surface area contributed by atoms with Gasteiger partial charge in [-0.05, 0) is 28.6 Å². The Balaban J connectivity index is 1.84. The van der Waals surface area contributed by atoms with Crippen LogP contribution in [0.5, 0.6) is 0 Å². The van der Waals surface area contributed by atoms with Crippen LogP contribution in [0.3, 0.4) is 0 Å². The molecule has 1 aliphatic heterocycles. The number of pyridine rings is 1.